The molecule has 0 unspecified atom stereocenters. The second-order valence-corrected chi connectivity index (χ2v) is 6.33. The Balaban J connectivity index is 1.60. The highest BCUT2D eigenvalue weighted by molar-refractivity contribution is 5.95. The summed E-state index contributed by atoms with van der Waals surface area (Å²) in [6.07, 6.45) is 0. The molecule has 0 radical (unpaired) electrons. The maximum atomic E-state index is 6.13. The molecule has 8 heteroatoms. The van der Waals surface area contributed by atoms with Gasteiger partial charge in [-0.3, -0.25) is 0 Å². The van der Waals surface area contributed by atoms with Gasteiger partial charge in [-0.15, -0.1) is 5.10 Å². The average molecular weight is 362 g/mol. The van der Waals surface area contributed by atoms with Gasteiger partial charge in [-0.1, -0.05) is 18.2 Å². The van der Waals surface area contributed by atoms with E-state index in [1.807, 2.05) is 42.5 Å². The van der Waals surface area contributed by atoms with Crippen LogP contribution in [0.3, 0.4) is 0 Å². The molecule has 4 aromatic rings. The standard InChI is InChI=1S/C19H18N6O2/c1-26-15-8-4-5-12-17(15)22-19(20)25-18(12)21-16(23-25)11-24-9-10-27-14-7-3-2-6-13(14)24/h2-8H,9-11H2,1H3,(H2,20,22). The number of hydrogen-bond donors (Lipinski definition) is 1. The fourth-order valence-corrected chi connectivity index (χ4v) is 3.46. The van der Waals surface area contributed by atoms with Crippen LogP contribution in [-0.4, -0.2) is 39.8 Å². The maximum absolute atomic E-state index is 6.13. The van der Waals surface area contributed by atoms with E-state index in [9.17, 15) is 0 Å². The van der Waals surface area contributed by atoms with E-state index in [2.05, 4.69) is 15.0 Å². The van der Waals surface area contributed by atoms with E-state index < -0.39 is 0 Å². The molecule has 0 bridgehead atoms. The second kappa shape index (κ2) is 6.01. The van der Waals surface area contributed by atoms with Crippen LogP contribution in [0.15, 0.2) is 42.5 Å². The van der Waals surface area contributed by atoms with Gasteiger partial charge in [0.1, 0.15) is 23.6 Å². The van der Waals surface area contributed by atoms with Crippen LogP contribution >= 0.6 is 0 Å². The topological polar surface area (TPSA) is 90.8 Å². The lowest BCUT2D eigenvalue weighted by molar-refractivity contribution is 0.306. The molecule has 27 heavy (non-hydrogen) atoms. The van der Waals surface area contributed by atoms with Crippen LogP contribution in [0.4, 0.5) is 11.6 Å². The number of ether oxygens (including phenoxy) is 2. The first kappa shape index (κ1) is 15.7. The lowest BCUT2D eigenvalue weighted by Gasteiger charge is -2.30. The summed E-state index contributed by atoms with van der Waals surface area (Å²) in [5, 5.41) is 5.43. The number of nitrogen functional groups attached to an aromatic ring is 1. The van der Waals surface area contributed by atoms with Gasteiger partial charge in [0.05, 0.1) is 25.9 Å². The van der Waals surface area contributed by atoms with Crippen LogP contribution in [0, 0.1) is 0 Å². The van der Waals surface area contributed by atoms with E-state index in [0.717, 1.165) is 23.4 Å². The van der Waals surface area contributed by atoms with Crippen molar-refractivity contribution in [2.24, 2.45) is 0 Å². The lowest BCUT2D eigenvalue weighted by Crippen LogP contribution is -2.32. The second-order valence-electron chi connectivity index (χ2n) is 6.33. The Kier molecular flexibility index (Phi) is 3.49. The van der Waals surface area contributed by atoms with Gasteiger partial charge in [0.25, 0.3) is 0 Å². The molecule has 0 atom stereocenters. The molecular formula is C19H18N6O2. The van der Waals surface area contributed by atoms with Crippen LogP contribution in [0.1, 0.15) is 5.82 Å². The Morgan fingerprint density at radius 3 is 2.93 bits per heavy atom. The summed E-state index contributed by atoms with van der Waals surface area (Å²) in [6, 6.07) is 13.7. The number of para-hydroxylation sites is 3. The molecule has 0 amide bonds. The Morgan fingerprint density at radius 2 is 2.04 bits per heavy atom. The van der Waals surface area contributed by atoms with Crippen molar-refractivity contribution >= 4 is 28.2 Å². The summed E-state index contributed by atoms with van der Waals surface area (Å²) in [7, 11) is 1.61. The predicted octanol–water partition coefficient (Wildman–Crippen LogP) is 2.27. The van der Waals surface area contributed by atoms with Crippen molar-refractivity contribution in [1.82, 2.24) is 19.6 Å². The van der Waals surface area contributed by atoms with Crippen molar-refractivity contribution < 1.29 is 9.47 Å². The third-order valence-corrected chi connectivity index (χ3v) is 4.71. The van der Waals surface area contributed by atoms with E-state index in [1.54, 1.807) is 11.6 Å². The molecule has 1 aliphatic rings. The van der Waals surface area contributed by atoms with Crippen LogP contribution in [0.5, 0.6) is 11.5 Å². The van der Waals surface area contributed by atoms with Gasteiger partial charge >= 0.3 is 0 Å². The molecule has 3 heterocycles. The molecule has 136 valence electrons. The van der Waals surface area contributed by atoms with Gasteiger partial charge in [0.15, 0.2) is 11.5 Å². The van der Waals surface area contributed by atoms with Crippen molar-refractivity contribution in [2.75, 3.05) is 30.9 Å². The zero-order valence-electron chi connectivity index (χ0n) is 14.8. The SMILES string of the molecule is COc1cccc2c1nc(N)n1nc(CN3CCOc4ccccc43)nc21. The molecule has 5 rings (SSSR count). The lowest BCUT2D eigenvalue weighted by atomic mass is 10.2. The number of hydrogen-bond acceptors (Lipinski definition) is 7. The number of nitrogens with zero attached hydrogens (tertiary/aromatic N) is 5. The highest BCUT2D eigenvalue weighted by Crippen LogP contribution is 2.32. The first-order valence-corrected chi connectivity index (χ1v) is 8.69. The largest absolute Gasteiger partial charge is 0.494 e. The zero-order valence-corrected chi connectivity index (χ0v) is 14.8. The van der Waals surface area contributed by atoms with Crippen molar-refractivity contribution in [2.45, 2.75) is 6.54 Å². The molecule has 0 aliphatic carbocycles. The van der Waals surface area contributed by atoms with E-state index in [4.69, 9.17) is 20.2 Å². The monoisotopic (exact) mass is 362 g/mol. The molecule has 0 spiro atoms. The predicted molar refractivity (Wildman–Crippen MR) is 102 cm³/mol. The van der Waals surface area contributed by atoms with Gasteiger partial charge in [0, 0.05) is 5.39 Å². The van der Waals surface area contributed by atoms with E-state index >= 15 is 0 Å². The zero-order chi connectivity index (χ0) is 18.4. The van der Waals surface area contributed by atoms with Crippen molar-refractivity contribution in [3.63, 3.8) is 0 Å². The summed E-state index contributed by atoms with van der Waals surface area (Å²) < 4.78 is 12.7. The number of aromatic nitrogens is 4. The Morgan fingerprint density at radius 1 is 1.15 bits per heavy atom. The molecule has 2 aromatic carbocycles. The number of fused-ring (bicyclic) bond motifs is 4. The summed E-state index contributed by atoms with van der Waals surface area (Å²) in [5.74, 6) is 2.50. The van der Waals surface area contributed by atoms with Gasteiger partial charge in [-0.2, -0.15) is 4.52 Å². The van der Waals surface area contributed by atoms with Crippen LogP contribution in [-0.2, 0) is 6.54 Å². The van der Waals surface area contributed by atoms with Crippen LogP contribution < -0.4 is 20.1 Å². The molecule has 2 aromatic heterocycles. The van der Waals surface area contributed by atoms with Crippen LogP contribution in [0.25, 0.3) is 16.6 Å². The molecule has 0 saturated heterocycles. The minimum Gasteiger partial charge on any atom is -0.494 e. The van der Waals surface area contributed by atoms with E-state index in [0.29, 0.717) is 35.9 Å². The Hall–Kier alpha value is -3.55. The third-order valence-electron chi connectivity index (χ3n) is 4.71. The number of methoxy groups -OCH3 is 1. The highest BCUT2D eigenvalue weighted by atomic mass is 16.5. The molecule has 1 aliphatic heterocycles. The first-order chi connectivity index (χ1) is 13.2. The van der Waals surface area contributed by atoms with Crippen molar-refractivity contribution in [1.29, 1.82) is 0 Å². The van der Waals surface area contributed by atoms with Gasteiger partial charge in [-0.05, 0) is 24.3 Å². The van der Waals surface area contributed by atoms with E-state index in [-0.39, 0.29) is 5.95 Å². The molecule has 2 N–H and O–H groups in total. The van der Waals surface area contributed by atoms with Crippen molar-refractivity contribution in [3.8, 4) is 11.5 Å². The minimum atomic E-state index is 0.281. The molecule has 0 saturated carbocycles. The Labute approximate surface area is 155 Å². The smallest absolute Gasteiger partial charge is 0.223 e. The minimum absolute atomic E-state index is 0.281. The molecular weight excluding hydrogens is 344 g/mol. The quantitative estimate of drug-likeness (QED) is 0.598. The van der Waals surface area contributed by atoms with Crippen molar-refractivity contribution in [3.05, 3.63) is 48.3 Å². The van der Waals surface area contributed by atoms with Crippen LogP contribution in [0.2, 0.25) is 0 Å². The fraction of sp³-hybridized carbons (Fsp3) is 0.211. The van der Waals surface area contributed by atoms with Gasteiger partial charge < -0.3 is 20.1 Å². The maximum Gasteiger partial charge on any atom is 0.223 e. The summed E-state index contributed by atoms with van der Waals surface area (Å²) >= 11 is 0. The number of anilines is 2. The Bertz CT molecular complexity index is 1160. The number of benzene rings is 2. The first-order valence-electron chi connectivity index (χ1n) is 8.69. The third kappa shape index (κ3) is 2.49. The molecule has 8 nitrogen and oxygen atoms in total. The number of nitrogens with two attached hydrogens (primary N) is 1. The fourth-order valence-electron chi connectivity index (χ4n) is 3.46. The normalized spacial score (nSPS) is 13.6. The summed E-state index contributed by atoms with van der Waals surface area (Å²) in [5.41, 5.74) is 8.53. The van der Waals surface area contributed by atoms with E-state index in [1.165, 1.54) is 0 Å². The van der Waals surface area contributed by atoms with Gasteiger partial charge in [0.2, 0.25) is 5.95 Å². The average Bonchev–Trinajstić information content (AvgIpc) is 3.13. The summed E-state index contributed by atoms with van der Waals surface area (Å²) in [6.45, 7) is 1.97. The highest BCUT2D eigenvalue weighted by Gasteiger charge is 2.20. The summed E-state index contributed by atoms with van der Waals surface area (Å²) in [4.78, 5) is 11.4. The molecule has 0 fully saturated rings. The number of rotatable bonds is 3. The van der Waals surface area contributed by atoms with Gasteiger partial charge in [-0.25, -0.2) is 9.97 Å².